The third-order valence-corrected chi connectivity index (χ3v) is 3.05. The Morgan fingerprint density at radius 3 is 2.68 bits per heavy atom. The van der Waals surface area contributed by atoms with Crippen LogP contribution in [0.5, 0.6) is 0 Å². The van der Waals surface area contributed by atoms with E-state index in [0.29, 0.717) is 17.0 Å². The number of aryl methyl sites for hydroxylation is 1. The quantitative estimate of drug-likeness (QED) is 0.812. The second-order valence-corrected chi connectivity index (χ2v) is 4.71. The fourth-order valence-corrected chi connectivity index (χ4v) is 2.00. The highest BCUT2D eigenvalue weighted by atomic mass is 19.4. The number of ether oxygens (including phenoxy) is 1. The monoisotopic (exact) mass is 312 g/mol. The van der Waals surface area contributed by atoms with Gasteiger partial charge < -0.3 is 4.74 Å². The molecule has 1 aromatic carbocycles. The van der Waals surface area contributed by atoms with E-state index in [4.69, 9.17) is 4.74 Å². The van der Waals surface area contributed by atoms with Gasteiger partial charge in [-0.2, -0.15) is 18.3 Å². The van der Waals surface area contributed by atoms with E-state index in [0.717, 1.165) is 12.1 Å². The highest BCUT2D eigenvalue weighted by molar-refractivity contribution is 5.69. The number of hydrogen-bond acceptors (Lipinski definition) is 3. The minimum atomic E-state index is -4.40. The minimum absolute atomic E-state index is 0.0708. The number of halogens is 3. The van der Waals surface area contributed by atoms with Crippen LogP contribution in [0.2, 0.25) is 0 Å². The van der Waals surface area contributed by atoms with Crippen molar-refractivity contribution in [1.29, 1.82) is 0 Å². The first-order chi connectivity index (χ1) is 10.3. The van der Waals surface area contributed by atoms with Gasteiger partial charge in [-0.15, -0.1) is 0 Å². The maximum absolute atomic E-state index is 12.7. The molecule has 0 aliphatic rings. The number of carbonyl (C=O) groups excluding carboxylic acids is 1. The van der Waals surface area contributed by atoms with Gasteiger partial charge in [-0.25, -0.2) is 0 Å². The second-order valence-electron chi connectivity index (χ2n) is 4.71. The molecule has 2 aromatic rings. The molecular formula is C15H15F3N2O2. The largest absolute Gasteiger partial charge is 0.465 e. The Balaban J connectivity index is 2.29. The van der Waals surface area contributed by atoms with Crippen LogP contribution in [0.4, 0.5) is 13.2 Å². The van der Waals surface area contributed by atoms with Crippen LogP contribution < -0.4 is 0 Å². The van der Waals surface area contributed by atoms with E-state index in [1.54, 1.807) is 26.0 Å². The van der Waals surface area contributed by atoms with Gasteiger partial charge in [-0.05, 0) is 32.0 Å². The molecule has 1 heterocycles. The molecule has 118 valence electrons. The van der Waals surface area contributed by atoms with Crippen LogP contribution in [-0.4, -0.2) is 22.4 Å². The standard InChI is InChI=1S/C15H15F3N2O2/c1-3-22-14(21)9-20-10(2)7-13(19-20)11-5-4-6-12(8-11)15(16,17)18/h4-8H,3,9H2,1-2H3. The molecule has 0 fully saturated rings. The lowest BCUT2D eigenvalue weighted by Crippen LogP contribution is -2.15. The van der Waals surface area contributed by atoms with Gasteiger partial charge in [0.15, 0.2) is 0 Å². The van der Waals surface area contributed by atoms with Gasteiger partial charge in [0.25, 0.3) is 0 Å². The van der Waals surface area contributed by atoms with Crippen molar-refractivity contribution in [3.8, 4) is 11.3 Å². The van der Waals surface area contributed by atoms with Gasteiger partial charge in [0.2, 0.25) is 0 Å². The Bertz CT molecular complexity index is 678. The smallest absolute Gasteiger partial charge is 0.416 e. The van der Waals surface area contributed by atoms with Crippen molar-refractivity contribution in [1.82, 2.24) is 9.78 Å². The number of rotatable bonds is 4. The number of esters is 1. The van der Waals surface area contributed by atoms with E-state index in [1.807, 2.05) is 0 Å². The summed E-state index contributed by atoms with van der Waals surface area (Å²) in [5, 5.41) is 4.17. The van der Waals surface area contributed by atoms with Crippen molar-refractivity contribution >= 4 is 5.97 Å². The van der Waals surface area contributed by atoms with Crippen molar-refractivity contribution in [3.63, 3.8) is 0 Å². The van der Waals surface area contributed by atoms with Crippen molar-refractivity contribution < 1.29 is 22.7 Å². The van der Waals surface area contributed by atoms with E-state index in [2.05, 4.69) is 5.10 Å². The average molecular weight is 312 g/mol. The Morgan fingerprint density at radius 2 is 2.05 bits per heavy atom. The average Bonchev–Trinajstić information content (AvgIpc) is 2.80. The number of nitrogens with zero attached hydrogens (tertiary/aromatic N) is 2. The van der Waals surface area contributed by atoms with Crippen molar-refractivity contribution in [2.45, 2.75) is 26.6 Å². The second kappa shape index (κ2) is 6.21. The summed E-state index contributed by atoms with van der Waals surface area (Å²) in [4.78, 5) is 11.5. The third-order valence-electron chi connectivity index (χ3n) is 3.05. The topological polar surface area (TPSA) is 44.1 Å². The summed E-state index contributed by atoms with van der Waals surface area (Å²) in [7, 11) is 0. The lowest BCUT2D eigenvalue weighted by atomic mass is 10.1. The Labute approximate surface area is 125 Å². The molecular weight excluding hydrogens is 297 g/mol. The molecule has 4 nitrogen and oxygen atoms in total. The molecule has 0 amide bonds. The van der Waals surface area contributed by atoms with E-state index in [9.17, 15) is 18.0 Å². The maximum atomic E-state index is 12.7. The zero-order chi connectivity index (χ0) is 16.3. The Hall–Kier alpha value is -2.31. The van der Waals surface area contributed by atoms with E-state index in [-0.39, 0.29) is 13.2 Å². The molecule has 0 aliphatic carbocycles. The molecule has 7 heteroatoms. The van der Waals surface area contributed by atoms with Gasteiger partial charge in [0, 0.05) is 11.3 Å². The summed E-state index contributed by atoms with van der Waals surface area (Å²) in [6, 6.07) is 6.56. The molecule has 0 radical (unpaired) electrons. The van der Waals surface area contributed by atoms with E-state index >= 15 is 0 Å². The predicted molar refractivity (Wildman–Crippen MR) is 74.0 cm³/mol. The van der Waals surface area contributed by atoms with Gasteiger partial charge in [0.1, 0.15) is 6.54 Å². The van der Waals surface area contributed by atoms with Gasteiger partial charge >= 0.3 is 12.1 Å². The first-order valence-corrected chi connectivity index (χ1v) is 6.69. The summed E-state index contributed by atoms with van der Waals surface area (Å²) in [5.41, 5.74) is 0.663. The maximum Gasteiger partial charge on any atom is 0.416 e. The zero-order valence-corrected chi connectivity index (χ0v) is 12.1. The van der Waals surface area contributed by atoms with Crippen LogP contribution in [0.25, 0.3) is 11.3 Å². The van der Waals surface area contributed by atoms with Crippen LogP contribution in [0.3, 0.4) is 0 Å². The van der Waals surface area contributed by atoms with Crippen LogP contribution >= 0.6 is 0 Å². The number of benzene rings is 1. The molecule has 0 spiro atoms. The molecule has 0 saturated carbocycles. The van der Waals surface area contributed by atoms with E-state index in [1.165, 1.54) is 10.7 Å². The van der Waals surface area contributed by atoms with Crippen LogP contribution in [0.15, 0.2) is 30.3 Å². The van der Waals surface area contributed by atoms with E-state index < -0.39 is 17.7 Å². The summed E-state index contributed by atoms with van der Waals surface area (Å²) < 4.78 is 44.5. The lowest BCUT2D eigenvalue weighted by molar-refractivity contribution is -0.144. The fourth-order valence-electron chi connectivity index (χ4n) is 2.00. The molecule has 0 aliphatic heterocycles. The Kier molecular flexibility index (Phi) is 4.54. The molecule has 0 unspecified atom stereocenters. The number of carbonyl (C=O) groups is 1. The highest BCUT2D eigenvalue weighted by Crippen LogP contribution is 2.31. The van der Waals surface area contributed by atoms with Crippen LogP contribution in [-0.2, 0) is 22.3 Å². The zero-order valence-electron chi connectivity index (χ0n) is 12.1. The SMILES string of the molecule is CCOC(=O)Cn1nc(-c2cccc(C(F)(F)F)c2)cc1C. The molecule has 0 saturated heterocycles. The molecule has 2 rings (SSSR count). The van der Waals surface area contributed by atoms with Gasteiger partial charge in [-0.3, -0.25) is 9.48 Å². The fraction of sp³-hybridized carbons (Fsp3) is 0.333. The van der Waals surface area contributed by atoms with Crippen molar-refractivity contribution in [2.75, 3.05) is 6.61 Å². The number of aromatic nitrogens is 2. The summed E-state index contributed by atoms with van der Waals surface area (Å²) in [6.45, 7) is 3.61. The van der Waals surface area contributed by atoms with Crippen molar-refractivity contribution in [2.24, 2.45) is 0 Å². The molecule has 0 atom stereocenters. The van der Waals surface area contributed by atoms with Crippen LogP contribution in [0, 0.1) is 6.92 Å². The number of hydrogen-bond donors (Lipinski definition) is 0. The third kappa shape index (κ3) is 3.66. The molecule has 1 aromatic heterocycles. The summed E-state index contributed by atoms with van der Waals surface area (Å²) in [5.74, 6) is -0.440. The first-order valence-electron chi connectivity index (χ1n) is 6.69. The van der Waals surface area contributed by atoms with Gasteiger partial charge in [-0.1, -0.05) is 12.1 Å². The summed E-state index contributed by atoms with van der Waals surface area (Å²) >= 11 is 0. The predicted octanol–water partition coefficient (Wildman–Crippen LogP) is 3.44. The van der Waals surface area contributed by atoms with Crippen molar-refractivity contribution in [3.05, 3.63) is 41.6 Å². The summed E-state index contributed by atoms with van der Waals surface area (Å²) in [6.07, 6.45) is -4.40. The molecule has 0 N–H and O–H groups in total. The highest BCUT2D eigenvalue weighted by Gasteiger charge is 2.30. The molecule has 22 heavy (non-hydrogen) atoms. The number of alkyl halides is 3. The van der Waals surface area contributed by atoms with Gasteiger partial charge in [0.05, 0.1) is 17.9 Å². The molecule has 0 bridgehead atoms. The lowest BCUT2D eigenvalue weighted by Gasteiger charge is -2.07. The minimum Gasteiger partial charge on any atom is -0.465 e. The first kappa shape index (κ1) is 16.1. The Morgan fingerprint density at radius 1 is 1.32 bits per heavy atom. The normalized spacial score (nSPS) is 11.5. The van der Waals surface area contributed by atoms with Crippen LogP contribution in [0.1, 0.15) is 18.2 Å².